The predicted octanol–water partition coefficient (Wildman–Crippen LogP) is -0.517. The topological polar surface area (TPSA) is 165 Å². The summed E-state index contributed by atoms with van der Waals surface area (Å²) in [5.41, 5.74) is 11.3. The molecule has 9 nitrogen and oxygen atoms in total. The largest absolute Gasteiger partial charge is 0.479 e. The van der Waals surface area contributed by atoms with Gasteiger partial charge in [-0.1, -0.05) is 12.8 Å². The molecule has 2 atom stereocenters. The van der Waals surface area contributed by atoms with Gasteiger partial charge < -0.3 is 26.4 Å². The van der Waals surface area contributed by atoms with Gasteiger partial charge in [-0.05, 0) is 19.8 Å². The van der Waals surface area contributed by atoms with Crippen molar-refractivity contribution in [2.45, 2.75) is 50.7 Å². The van der Waals surface area contributed by atoms with Crippen molar-refractivity contribution < 1.29 is 50.4 Å². The van der Waals surface area contributed by atoms with Crippen molar-refractivity contribution in [3.63, 3.8) is 0 Å². The number of carbonyl (C=O) groups is 3. The zero-order valence-corrected chi connectivity index (χ0v) is 14.5. The van der Waals surface area contributed by atoms with Crippen molar-refractivity contribution in [3.8, 4) is 0 Å². The van der Waals surface area contributed by atoms with E-state index in [1.165, 1.54) is 19.8 Å². The van der Waals surface area contributed by atoms with E-state index in [4.69, 9.17) is 21.7 Å². The van der Waals surface area contributed by atoms with E-state index in [1.54, 1.807) is 5.32 Å². The molecule has 0 aromatic heterocycles. The van der Waals surface area contributed by atoms with E-state index < -0.39 is 24.1 Å². The van der Waals surface area contributed by atoms with Crippen LogP contribution in [0.1, 0.15) is 32.6 Å². The average molecular weight is 500 g/mol. The van der Waals surface area contributed by atoms with Gasteiger partial charge in [0.1, 0.15) is 0 Å². The molecule has 10 heteroatoms. The summed E-state index contributed by atoms with van der Waals surface area (Å²) in [4.78, 5) is 31.1. The molecule has 1 aliphatic rings. The van der Waals surface area contributed by atoms with Crippen molar-refractivity contribution in [2.24, 2.45) is 11.5 Å². The van der Waals surface area contributed by atoms with Gasteiger partial charge >= 0.3 is 18.0 Å². The quantitative estimate of drug-likeness (QED) is 0.322. The molecule has 7 N–H and O–H groups in total. The van der Waals surface area contributed by atoms with Gasteiger partial charge in [0, 0.05) is 33.1 Å². The number of alkyl carbamates (subject to hydrolysis) is 1. The predicted molar refractivity (Wildman–Crippen MR) is 73.6 cm³/mol. The second-order valence-corrected chi connectivity index (χ2v) is 4.59. The Morgan fingerprint density at radius 2 is 1.55 bits per heavy atom. The van der Waals surface area contributed by atoms with Crippen molar-refractivity contribution in [1.82, 2.24) is 5.32 Å². The molecule has 1 amide bonds. The Bertz CT molecular complexity index is 345. The Balaban J connectivity index is 0. The summed E-state index contributed by atoms with van der Waals surface area (Å²) in [6.07, 6.45) is 3.73. The van der Waals surface area contributed by atoms with Gasteiger partial charge in [-0.15, -0.1) is 0 Å². The average Bonchev–Trinajstić information content (AvgIpc) is 2.40. The van der Waals surface area contributed by atoms with Gasteiger partial charge in [0.2, 0.25) is 6.04 Å². The fraction of sp³-hybridized carbons (Fsp3) is 0.750. The van der Waals surface area contributed by atoms with Crippen LogP contribution >= 0.6 is 0 Å². The van der Waals surface area contributed by atoms with Crippen molar-refractivity contribution >= 4 is 18.0 Å². The van der Waals surface area contributed by atoms with Crippen LogP contribution < -0.4 is 16.8 Å². The Morgan fingerprint density at radius 3 is 1.82 bits per heavy atom. The van der Waals surface area contributed by atoms with Gasteiger partial charge in [0.05, 0.1) is 6.61 Å². The SMILES string of the molecule is CCOC(=O)NC(C(=O)O)C(=O)O.N[C@@H]1CCCC[C@H]1N.[Pt]. The smallest absolute Gasteiger partial charge is 0.408 e. The Morgan fingerprint density at radius 1 is 1.14 bits per heavy atom. The summed E-state index contributed by atoms with van der Waals surface area (Å²) in [6.45, 7) is 1.55. The second-order valence-electron chi connectivity index (χ2n) is 4.59. The van der Waals surface area contributed by atoms with Crippen LogP contribution in [0.25, 0.3) is 0 Å². The number of hydrogen-bond donors (Lipinski definition) is 5. The molecular formula is C12H23N3O6Pt. The van der Waals surface area contributed by atoms with Crippen LogP contribution in [0.5, 0.6) is 0 Å². The fourth-order valence-electron chi connectivity index (χ4n) is 1.71. The second kappa shape index (κ2) is 12.4. The van der Waals surface area contributed by atoms with Crippen LogP contribution in [0.4, 0.5) is 4.79 Å². The number of carbonyl (C=O) groups excluding carboxylic acids is 1. The molecule has 0 aliphatic heterocycles. The molecule has 0 unspecified atom stereocenters. The van der Waals surface area contributed by atoms with Crippen LogP contribution in [-0.4, -0.2) is 53.0 Å². The van der Waals surface area contributed by atoms with Crippen LogP contribution in [0.3, 0.4) is 0 Å². The van der Waals surface area contributed by atoms with Gasteiger partial charge in [0.25, 0.3) is 0 Å². The number of ether oxygens (including phenoxy) is 1. The number of rotatable bonds is 4. The zero-order chi connectivity index (χ0) is 16.4. The molecule has 0 saturated heterocycles. The first-order chi connectivity index (χ1) is 9.79. The standard InChI is InChI=1S/C6H14N2.C6H9NO6.Pt/c7-5-3-1-2-4-6(5)8;1-2-13-6(12)7-3(4(8)9)5(10)11;/h5-6H,1-4,7-8H2;3H,2H2,1H3,(H,7,12)(H,8,9)(H,10,11);/t5-,6-;;/m1../s1. The third-order valence-corrected chi connectivity index (χ3v) is 2.91. The molecule has 0 aromatic carbocycles. The molecule has 0 bridgehead atoms. The van der Waals surface area contributed by atoms with Crippen molar-refractivity contribution in [1.29, 1.82) is 0 Å². The zero-order valence-electron chi connectivity index (χ0n) is 12.3. The fourth-order valence-corrected chi connectivity index (χ4v) is 1.71. The molecule has 0 heterocycles. The molecule has 1 fully saturated rings. The van der Waals surface area contributed by atoms with Crippen LogP contribution in [0, 0.1) is 0 Å². The Hall–Kier alpha value is -1.18. The molecule has 0 spiro atoms. The van der Waals surface area contributed by atoms with Gasteiger partial charge in [-0.25, -0.2) is 14.4 Å². The third-order valence-electron chi connectivity index (χ3n) is 2.91. The summed E-state index contributed by atoms with van der Waals surface area (Å²) in [6, 6.07) is -1.41. The van der Waals surface area contributed by atoms with E-state index in [9.17, 15) is 14.4 Å². The molecule has 1 saturated carbocycles. The van der Waals surface area contributed by atoms with Crippen LogP contribution in [0.15, 0.2) is 0 Å². The number of carboxylic acid groups (broad SMARTS) is 2. The number of nitrogens with two attached hydrogens (primary N) is 2. The third kappa shape index (κ3) is 9.70. The monoisotopic (exact) mass is 500 g/mol. The summed E-state index contributed by atoms with van der Waals surface area (Å²) in [5.74, 6) is -3.30. The minimum atomic E-state index is -1.97. The Kier molecular flexibility index (Phi) is 13.0. The summed E-state index contributed by atoms with van der Waals surface area (Å²) in [7, 11) is 0. The van der Waals surface area contributed by atoms with Gasteiger partial charge in [-0.2, -0.15) is 0 Å². The first-order valence-electron chi connectivity index (χ1n) is 6.69. The maximum atomic E-state index is 10.6. The van der Waals surface area contributed by atoms with E-state index in [1.807, 2.05) is 0 Å². The molecule has 132 valence electrons. The van der Waals surface area contributed by atoms with Crippen LogP contribution in [0.2, 0.25) is 0 Å². The first-order valence-corrected chi connectivity index (χ1v) is 6.69. The van der Waals surface area contributed by atoms with Gasteiger partial charge in [0.15, 0.2) is 0 Å². The normalized spacial score (nSPS) is 20.0. The van der Waals surface area contributed by atoms with Crippen molar-refractivity contribution in [3.05, 3.63) is 0 Å². The Labute approximate surface area is 143 Å². The summed E-state index contributed by atoms with van der Waals surface area (Å²) < 4.78 is 4.30. The van der Waals surface area contributed by atoms with E-state index in [2.05, 4.69) is 4.74 Å². The van der Waals surface area contributed by atoms with Gasteiger partial charge in [-0.3, -0.25) is 5.32 Å². The first kappa shape index (κ1) is 23.1. The minimum absolute atomic E-state index is 0. The van der Waals surface area contributed by atoms with Crippen molar-refractivity contribution in [2.75, 3.05) is 6.61 Å². The molecular weight excluding hydrogens is 477 g/mol. The van der Waals surface area contributed by atoms with Crippen LogP contribution in [-0.2, 0) is 35.4 Å². The number of carboxylic acids is 2. The number of hydrogen-bond acceptors (Lipinski definition) is 6. The maximum Gasteiger partial charge on any atom is 0.408 e. The summed E-state index contributed by atoms with van der Waals surface area (Å²) in [5, 5.41) is 18.3. The molecule has 1 aliphatic carbocycles. The van der Waals surface area contributed by atoms with E-state index in [0.29, 0.717) is 0 Å². The number of nitrogens with one attached hydrogen (secondary N) is 1. The van der Waals surface area contributed by atoms with E-state index in [-0.39, 0.29) is 39.8 Å². The molecule has 22 heavy (non-hydrogen) atoms. The maximum absolute atomic E-state index is 10.6. The number of amides is 1. The van der Waals surface area contributed by atoms with E-state index >= 15 is 0 Å². The van der Waals surface area contributed by atoms with E-state index in [0.717, 1.165) is 12.8 Å². The minimum Gasteiger partial charge on any atom is -0.479 e. The molecule has 0 radical (unpaired) electrons. The number of aliphatic carboxylic acids is 2. The summed E-state index contributed by atoms with van der Waals surface area (Å²) >= 11 is 0. The molecule has 0 aromatic rings. The molecule has 1 rings (SSSR count).